The van der Waals surface area contributed by atoms with Crippen LogP contribution in [0.15, 0.2) is 23.2 Å². The van der Waals surface area contributed by atoms with Gasteiger partial charge in [0.2, 0.25) is 0 Å². The highest BCUT2D eigenvalue weighted by Gasteiger charge is 2.45. The maximum absolute atomic E-state index is 12.9. The fraction of sp³-hybridized carbons (Fsp3) is 0.625. The summed E-state index contributed by atoms with van der Waals surface area (Å²) in [4.78, 5) is 27.1. The molecule has 4 aliphatic rings. The number of hydrogen-bond donors (Lipinski definition) is 2. The average Bonchev–Trinajstić information content (AvgIpc) is 2.98. The molecule has 3 aliphatic heterocycles. The summed E-state index contributed by atoms with van der Waals surface area (Å²) in [5, 5.41) is 4.46. The Balaban J connectivity index is 1.58. The van der Waals surface area contributed by atoms with E-state index in [-0.39, 0.29) is 30.4 Å². The number of fused-ring (bicyclic) bond motifs is 1. The van der Waals surface area contributed by atoms with Crippen molar-refractivity contribution in [2.24, 2.45) is 5.92 Å². The number of rotatable bonds is 4. The van der Waals surface area contributed by atoms with E-state index in [4.69, 9.17) is 6.15 Å². The molecule has 1 aliphatic carbocycles. The number of carbonyl (C=O) groups is 2. The molecule has 4 rings (SSSR count). The summed E-state index contributed by atoms with van der Waals surface area (Å²) in [7, 11) is 1.59. The Morgan fingerprint density at radius 1 is 1.43 bits per heavy atom. The molecule has 7 heteroatoms. The van der Waals surface area contributed by atoms with E-state index >= 15 is 0 Å². The third-order valence-electron chi connectivity index (χ3n) is 5.19. The molecule has 3 heterocycles. The van der Waals surface area contributed by atoms with Crippen molar-refractivity contribution < 1.29 is 15.7 Å². The summed E-state index contributed by atoms with van der Waals surface area (Å²) in [5.41, 5.74) is 2.06. The Bertz CT molecular complexity index is 658. The summed E-state index contributed by atoms with van der Waals surface area (Å²) in [6, 6.07) is -0.204. The number of hydrazine groups is 1. The zero-order chi connectivity index (χ0) is 17.0. The number of carbonyl (C=O) groups excluding carboxylic acids is 2. The van der Waals surface area contributed by atoms with Gasteiger partial charge in [-0.25, -0.2) is 10.4 Å². The highest BCUT2D eigenvalue weighted by atomic mass is 16.5. The van der Waals surface area contributed by atoms with Gasteiger partial charge in [0.05, 0.1) is 30.8 Å². The molecule has 2 atom stereocenters. The van der Waals surface area contributed by atoms with Crippen LogP contribution in [-0.4, -0.2) is 54.1 Å². The fourth-order valence-corrected chi connectivity index (χ4v) is 3.57. The monoisotopic (exact) mass is 319 g/mol. The topological polar surface area (TPSA) is 73.9 Å². The molecule has 0 bridgehead atoms. The molecule has 2 N–H and O–H groups in total. The Labute approximate surface area is 136 Å². The van der Waals surface area contributed by atoms with Crippen molar-refractivity contribution in [3.05, 3.63) is 23.2 Å². The fourth-order valence-electron chi connectivity index (χ4n) is 3.57. The van der Waals surface area contributed by atoms with Crippen LogP contribution in [0.3, 0.4) is 0 Å². The second-order valence-corrected chi connectivity index (χ2v) is 6.68. The minimum Gasteiger partial charge on any atom is -0.383 e. The molecule has 2 amide bonds. The maximum atomic E-state index is 12.9. The van der Waals surface area contributed by atoms with E-state index in [1.807, 2.05) is 13.0 Å². The van der Waals surface area contributed by atoms with Gasteiger partial charge in [0, 0.05) is 7.11 Å². The van der Waals surface area contributed by atoms with Gasteiger partial charge in [-0.15, -0.1) is 0 Å². The quantitative estimate of drug-likeness (QED) is 0.767. The normalized spacial score (nSPS) is 29.9. The van der Waals surface area contributed by atoms with E-state index in [1.165, 1.54) is 16.8 Å². The van der Waals surface area contributed by atoms with Crippen LogP contribution < -0.4 is 10.7 Å². The number of ether oxygens (including phenoxy) is 1. The van der Waals surface area contributed by atoms with E-state index < -0.39 is 0 Å². The first-order chi connectivity index (χ1) is 11.5. The molecule has 0 radical (unpaired) electrons. The van der Waals surface area contributed by atoms with Crippen LogP contribution in [-0.2, 0) is 14.3 Å². The van der Waals surface area contributed by atoms with E-state index in [2.05, 4.69) is 5.32 Å². The zero-order valence-corrected chi connectivity index (χ0v) is 13.4. The van der Waals surface area contributed by atoms with E-state index in [9.17, 15) is 9.59 Å². The summed E-state index contributed by atoms with van der Waals surface area (Å²) in [6.45, 7) is 2.57. The van der Waals surface area contributed by atoms with Crippen molar-refractivity contribution >= 4 is 11.8 Å². The van der Waals surface area contributed by atoms with Crippen LogP contribution in [0.2, 0.25) is 1.41 Å². The Hall–Kier alpha value is -1.86. The number of nitrogens with one attached hydrogen (secondary N) is 2. The van der Waals surface area contributed by atoms with Gasteiger partial charge in [-0.2, -0.15) is 0 Å². The van der Waals surface area contributed by atoms with Crippen LogP contribution in [0.5, 0.6) is 0 Å². The lowest BCUT2D eigenvalue weighted by Gasteiger charge is -2.32. The first kappa shape index (κ1) is 13.6. The largest absolute Gasteiger partial charge is 0.383 e. The van der Waals surface area contributed by atoms with E-state index in [1.54, 1.807) is 12.0 Å². The molecular formula is C16H22N4O3. The number of hydrogen-bond acceptors (Lipinski definition) is 5. The maximum Gasteiger partial charge on any atom is 0.274 e. The molecule has 0 aromatic carbocycles. The summed E-state index contributed by atoms with van der Waals surface area (Å²) < 4.78 is 13.4. The van der Waals surface area contributed by atoms with Gasteiger partial charge in [-0.1, -0.05) is 6.42 Å². The van der Waals surface area contributed by atoms with Gasteiger partial charge >= 0.3 is 0 Å². The van der Waals surface area contributed by atoms with Crippen LogP contribution in [0.25, 0.3) is 0 Å². The molecule has 1 fully saturated rings. The van der Waals surface area contributed by atoms with Crippen LogP contribution in [0.1, 0.15) is 26.2 Å². The smallest absolute Gasteiger partial charge is 0.274 e. The predicted molar refractivity (Wildman–Crippen MR) is 82.4 cm³/mol. The van der Waals surface area contributed by atoms with Crippen molar-refractivity contribution in [3.63, 3.8) is 0 Å². The molecule has 0 saturated heterocycles. The minimum absolute atomic E-state index is 0.0937. The summed E-state index contributed by atoms with van der Waals surface area (Å²) in [6.07, 6.45) is 5.26. The number of amides is 2. The molecule has 0 aromatic rings. The van der Waals surface area contributed by atoms with Gasteiger partial charge in [0.25, 0.3) is 11.8 Å². The lowest BCUT2D eigenvalue weighted by Crippen LogP contribution is -2.50. The van der Waals surface area contributed by atoms with Gasteiger partial charge < -0.3 is 15.0 Å². The standard InChI is InChI=1S/C16H22N4O3/c1-9(8-23-2)19-7-11-14(16(19)22)17-13-6-12(10-4-3-5-10)18-20(13)15(11)21/h6,9-10,12,17-18H,3-5,7-8H2,1-2H3/t9-,12?/m0/s1/i/hD. The third kappa shape index (κ3) is 2.18. The van der Waals surface area contributed by atoms with Crippen molar-refractivity contribution in [1.29, 1.82) is 0 Å². The predicted octanol–water partition coefficient (Wildman–Crippen LogP) is 0.0777. The summed E-state index contributed by atoms with van der Waals surface area (Å²) >= 11 is 0. The molecule has 1 saturated carbocycles. The first-order valence-corrected chi connectivity index (χ1v) is 8.17. The van der Waals surface area contributed by atoms with Crippen molar-refractivity contribution in [2.75, 3.05) is 20.3 Å². The average molecular weight is 319 g/mol. The molecule has 124 valence electrons. The molecule has 23 heavy (non-hydrogen) atoms. The highest BCUT2D eigenvalue weighted by molar-refractivity contribution is 6.10. The molecule has 1 unspecified atom stereocenters. The molecule has 0 aromatic heterocycles. The van der Waals surface area contributed by atoms with Crippen molar-refractivity contribution in [1.82, 2.24) is 20.6 Å². The van der Waals surface area contributed by atoms with E-state index in [0.29, 0.717) is 29.6 Å². The highest BCUT2D eigenvalue weighted by Crippen LogP contribution is 2.35. The molecule has 7 nitrogen and oxygen atoms in total. The zero-order valence-electron chi connectivity index (χ0n) is 14.4. The second-order valence-electron chi connectivity index (χ2n) is 6.68. The van der Waals surface area contributed by atoms with Gasteiger partial charge in [-0.3, -0.25) is 9.59 Å². The number of methoxy groups -OCH3 is 1. The first-order valence-electron chi connectivity index (χ1n) is 8.62. The van der Waals surface area contributed by atoms with Gasteiger partial charge in [0.15, 0.2) is 0 Å². The van der Waals surface area contributed by atoms with Crippen LogP contribution in [0.4, 0.5) is 0 Å². The lowest BCUT2D eigenvalue weighted by molar-refractivity contribution is -0.129. The van der Waals surface area contributed by atoms with Crippen molar-refractivity contribution in [2.45, 2.75) is 38.3 Å². The van der Waals surface area contributed by atoms with Crippen LogP contribution >= 0.6 is 0 Å². The number of nitrogens with zero attached hydrogens (tertiary/aromatic N) is 2. The Kier molecular flexibility index (Phi) is 3.16. The molecular weight excluding hydrogens is 296 g/mol. The second kappa shape index (κ2) is 5.35. The van der Waals surface area contributed by atoms with E-state index in [0.717, 1.165) is 12.8 Å². The van der Waals surface area contributed by atoms with Crippen molar-refractivity contribution in [3.8, 4) is 0 Å². The Morgan fingerprint density at radius 2 is 2.22 bits per heavy atom. The van der Waals surface area contributed by atoms with Crippen LogP contribution in [0, 0.1) is 5.92 Å². The summed E-state index contributed by atoms with van der Waals surface area (Å²) in [5.74, 6) is 0.513. The minimum atomic E-state index is -0.271. The SMILES string of the molecule is [2H]N1C(C2CCC2)C=C2NC3=C(CN([C@@H](C)COC)C3=O)C(=O)N21. The van der Waals surface area contributed by atoms with Gasteiger partial charge in [-0.05, 0) is 31.8 Å². The molecule has 0 spiro atoms. The Morgan fingerprint density at radius 3 is 2.87 bits per heavy atom. The third-order valence-corrected chi connectivity index (χ3v) is 5.19. The lowest BCUT2D eigenvalue weighted by atomic mass is 9.80. The van der Waals surface area contributed by atoms with Gasteiger partial charge in [0.1, 0.15) is 12.9 Å².